The van der Waals surface area contributed by atoms with E-state index in [4.69, 9.17) is 0 Å². The van der Waals surface area contributed by atoms with E-state index in [-0.39, 0.29) is 0 Å². The van der Waals surface area contributed by atoms with Crippen molar-refractivity contribution in [1.82, 2.24) is 25.3 Å². The minimum absolute atomic E-state index is 0.641. The number of pyridine rings is 1. The van der Waals surface area contributed by atoms with E-state index in [0.29, 0.717) is 6.54 Å². The highest BCUT2D eigenvalue weighted by Crippen LogP contribution is 2.11. The summed E-state index contributed by atoms with van der Waals surface area (Å²) < 4.78 is 1.88. The first-order valence-corrected chi connectivity index (χ1v) is 6.79. The molecule has 0 bridgehead atoms. The molecular formula is C15H17N5. The van der Waals surface area contributed by atoms with Gasteiger partial charge < -0.3 is 5.32 Å². The number of rotatable bonds is 5. The molecule has 0 amide bonds. The summed E-state index contributed by atoms with van der Waals surface area (Å²) in [6.07, 6.45) is 1.91. The van der Waals surface area contributed by atoms with Crippen LogP contribution in [0.3, 0.4) is 0 Å². The minimum Gasteiger partial charge on any atom is -0.313 e. The third-order valence-corrected chi connectivity index (χ3v) is 3.20. The van der Waals surface area contributed by atoms with Gasteiger partial charge in [0, 0.05) is 12.7 Å². The molecule has 20 heavy (non-hydrogen) atoms. The Morgan fingerprint density at radius 2 is 2.05 bits per heavy atom. The van der Waals surface area contributed by atoms with Crippen LogP contribution in [0, 0.1) is 0 Å². The summed E-state index contributed by atoms with van der Waals surface area (Å²) in [7, 11) is 0. The maximum atomic E-state index is 4.48. The Bertz CT molecular complexity index is 687. The molecule has 0 unspecified atom stereocenters. The summed E-state index contributed by atoms with van der Waals surface area (Å²) in [5, 5.41) is 11.6. The Hall–Kier alpha value is -2.27. The van der Waals surface area contributed by atoms with Crippen LogP contribution in [-0.4, -0.2) is 26.5 Å². The minimum atomic E-state index is 0.641. The van der Waals surface area contributed by atoms with Crippen LogP contribution in [0.2, 0.25) is 0 Å². The van der Waals surface area contributed by atoms with E-state index in [1.165, 1.54) is 5.56 Å². The second-order valence-corrected chi connectivity index (χ2v) is 4.67. The summed E-state index contributed by atoms with van der Waals surface area (Å²) >= 11 is 0. The predicted molar refractivity (Wildman–Crippen MR) is 78.2 cm³/mol. The summed E-state index contributed by atoms with van der Waals surface area (Å²) in [5.41, 5.74) is 4.13. The number of fused-ring (bicyclic) bond motifs is 1. The van der Waals surface area contributed by atoms with Crippen LogP contribution in [0.5, 0.6) is 0 Å². The number of hydrogen-bond acceptors (Lipinski definition) is 4. The van der Waals surface area contributed by atoms with Gasteiger partial charge in [-0.2, -0.15) is 0 Å². The molecule has 1 aromatic carbocycles. The SMILES string of the molecule is CCNCc1ccc(Cn2nnc3ccccc32)nc1. The second kappa shape index (κ2) is 5.79. The lowest BCUT2D eigenvalue weighted by Gasteiger charge is -2.04. The summed E-state index contributed by atoms with van der Waals surface area (Å²) in [6.45, 7) is 4.56. The lowest BCUT2D eigenvalue weighted by Crippen LogP contribution is -2.12. The van der Waals surface area contributed by atoms with Crippen molar-refractivity contribution in [3.8, 4) is 0 Å². The molecular weight excluding hydrogens is 250 g/mol. The lowest BCUT2D eigenvalue weighted by atomic mass is 10.2. The highest BCUT2D eigenvalue weighted by Gasteiger charge is 2.04. The van der Waals surface area contributed by atoms with E-state index in [1.54, 1.807) is 0 Å². The number of para-hydroxylation sites is 1. The quantitative estimate of drug-likeness (QED) is 0.768. The van der Waals surface area contributed by atoms with E-state index >= 15 is 0 Å². The Labute approximate surface area is 117 Å². The number of nitrogens with zero attached hydrogens (tertiary/aromatic N) is 4. The van der Waals surface area contributed by atoms with Gasteiger partial charge in [-0.1, -0.05) is 30.3 Å². The van der Waals surface area contributed by atoms with Crippen molar-refractivity contribution in [2.45, 2.75) is 20.0 Å². The largest absolute Gasteiger partial charge is 0.313 e. The zero-order valence-corrected chi connectivity index (χ0v) is 11.5. The molecule has 2 aromatic heterocycles. The third kappa shape index (κ3) is 2.67. The Balaban J connectivity index is 1.77. The summed E-state index contributed by atoms with van der Waals surface area (Å²) in [5.74, 6) is 0. The van der Waals surface area contributed by atoms with Crippen molar-refractivity contribution in [2.24, 2.45) is 0 Å². The lowest BCUT2D eigenvalue weighted by molar-refractivity contribution is 0.656. The topological polar surface area (TPSA) is 55.6 Å². The highest BCUT2D eigenvalue weighted by atomic mass is 15.4. The van der Waals surface area contributed by atoms with Crippen molar-refractivity contribution in [3.63, 3.8) is 0 Å². The first-order valence-electron chi connectivity index (χ1n) is 6.79. The molecule has 5 nitrogen and oxygen atoms in total. The zero-order valence-electron chi connectivity index (χ0n) is 11.5. The second-order valence-electron chi connectivity index (χ2n) is 4.67. The van der Waals surface area contributed by atoms with E-state index in [1.807, 2.05) is 41.2 Å². The number of nitrogens with one attached hydrogen (secondary N) is 1. The molecule has 0 fully saturated rings. The van der Waals surface area contributed by atoms with E-state index in [2.05, 4.69) is 33.6 Å². The molecule has 0 spiro atoms. The summed E-state index contributed by atoms with van der Waals surface area (Å²) in [6, 6.07) is 12.1. The fourth-order valence-electron chi connectivity index (χ4n) is 2.11. The van der Waals surface area contributed by atoms with Crippen molar-refractivity contribution < 1.29 is 0 Å². The summed E-state index contributed by atoms with van der Waals surface area (Å²) in [4.78, 5) is 4.48. The molecule has 0 aliphatic rings. The molecule has 5 heteroatoms. The average Bonchev–Trinajstić information content (AvgIpc) is 2.90. The maximum Gasteiger partial charge on any atom is 0.113 e. The van der Waals surface area contributed by atoms with Gasteiger partial charge in [0.2, 0.25) is 0 Å². The van der Waals surface area contributed by atoms with Gasteiger partial charge in [0.1, 0.15) is 5.52 Å². The van der Waals surface area contributed by atoms with Gasteiger partial charge in [0.15, 0.2) is 0 Å². The first kappa shape index (κ1) is 12.7. The van der Waals surface area contributed by atoms with Crippen LogP contribution in [0.25, 0.3) is 11.0 Å². The van der Waals surface area contributed by atoms with E-state index < -0.39 is 0 Å². The average molecular weight is 267 g/mol. The molecule has 0 aliphatic heterocycles. The Morgan fingerprint density at radius 1 is 1.15 bits per heavy atom. The number of benzene rings is 1. The molecule has 102 valence electrons. The van der Waals surface area contributed by atoms with Gasteiger partial charge in [-0.3, -0.25) is 4.98 Å². The van der Waals surface area contributed by atoms with Crippen LogP contribution in [0.15, 0.2) is 42.6 Å². The first-order chi connectivity index (χ1) is 9.86. The standard InChI is InChI=1S/C15H17N5/c1-2-16-9-12-7-8-13(17-10-12)11-20-15-6-4-3-5-14(15)18-19-20/h3-8,10,16H,2,9,11H2,1H3. The van der Waals surface area contributed by atoms with Crippen molar-refractivity contribution in [3.05, 3.63) is 53.9 Å². The Kier molecular flexibility index (Phi) is 3.69. The molecule has 3 rings (SSSR count). The smallest absolute Gasteiger partial charge is 0.113 e. The van der Waals surface area contributed by atoms with Crippen LogP contribution in [-0.2, 0) is 13.1 Å². The molecule has 0 saturated carbocycles. The normalized spacial score (nSPS) is 11.1. The number of hydrogen-bond donors (Lipinski definition) is 1. The van der Waals surface area contributed by atoms with Crippen LogP contribution >= 0.6 is 0 Å². The van der Waals surface area contributed by atoms with Gasteiger partial charge in [0.05, 0.1) is 17.8 Å². The predicted octanol–water partition coefficient (Wildman–Crippen LogP) is 1.98. The van der Waals surface area contributed by atoms with Gasteiger partial charge in [0.25, 0.3) is 0 Å². The van der Waals surface area contributed by atoms with Gasteiger partial charge in [-0.25, -0.2) is 4.68 Å². The van der Waals surface area contributed by atoms with Gasteiger partial charge >= 0.3 is 0 Å². The van der Waals surface area contributed by atoms with Crippen molar-refractivity contribution in [2.75, 3.05) is 6.54 Å². The molecule has 3 aromatic rings. The maximum absolute atomic E-state index is 4.48. The van der Waals surface area contributed by atoms with E-state index in [0.717, 1.165) is 29.8 Å². The zero-order chi connectivity index (χ0) is 13.8. The van der Waals surface area contributed by atoms with Crippen molar-refractivity contribution in [1.29, 1.82) is 0 Å². The van der Waals surface area contributed by atoms with Crippen LogP contribution in [0.1, 0.15) is 18.2 Å². The van der Waals surface area contributed by atoms with Gasteiger partial charge in [-0.05, 0) is 30.3 Å². The third-order valence-electron chi connectivity index (χ3n) is 3.20. The van der Waals surface area contributed by atoms with Crippen LogP contribution < -0.4 is 5.32 Å². The molecule has 0 aliphatic carbocycles. The van der Waals surface area contributed by atoms with Crippen LogP contribution in [0.4, 0.5) is 0 Å². The Morgan fingerprint density at radius 3 is 2.85 bits per heavy atom. The molecule has 1 N–H and O–H groups in total. The molecule has 0 saturated heterocycles. The number of aromatic nitrogens is 4. The fourth-order valence-corrected chi connectivity index (χ4v) is 2.11. The van der Waals surface area contributed by atoms with Gasteiger partial charge in [-0.15, -0.1) is 5.10 Å². The van der Waals surface area contributed by atoms with E-state index in [9.17, 15) is 0 Å². The molecule has 0 atom stereocenters. The monoisotopic (exact) mass is 267 g/mol. The molecule has 0 radical (unpaired) electrons. The van der Waals surface area contributed by atoms with Crippen molar-refractivity contribution >= 4 is 11.0 Å². The molecule has 2 heterocycles. The highest BCUT2D eigenvalue weighted by molar-refractivity contribution is 5.73. The fraction of sp³-hybridized carbons (Fsp3) is 0.267.